The summed E-state index contributed by atoms with van der Waals surface area (Å²) in [5.41, 5.74) is 21.0. The van der Waals surface area contributed by atoms with Crippen LogP contribution in [0.3, 0.4) is 0 Å². The lowest BCUT2D eigenvalue weighted by atomic mass is 10.2. The number of nitrogens with two attached hydrogens (primary N) is 4. The van der Waals surface area contributed by atoms with Crippen LogP contribution >= 0.6 is 42.1 Å². The van der Waals surface area contributed by atoms with Crippen LogP contribution in [0.25, 0.3) is 10.1 Å². The van der Waals surface area contributed by atoms with Gasteiger partial charge < -0.3 is 41.8 Å². The molecule has 1 unspecified atom stereocenters. The second kappa shape index (κ2) is 15.6. The van der Waals surface area contributed by atoms with E-state index in [4.69, 9.17) is 65.4 Å². The van der Waals surface area contributed by atoms with Gasteiger partial charge in [0.2, 0.25) is 0 Å². The van der Waals surface area contributed by atoms with Crippen molar-refractivity contribution in [1.82, 2.24) is 4.72 Å². The van der Waals surface area contributed by atoms with E-state index in [9.17, 15) is 22.3 Å². The average Bonchev–Trinajstić information content (AvgIpc) is 3.42. The van der Waals surface area contributed by atoms with Gasteiger partial charge in [0.05, 0.1) is 28.5 Å². The summed E-state index contributed by atoms with van der Waals surface area (Å²) in [4.78, 5) is 17.9. The number of benzene rings is 2. The molecule has 0 fully saturated rings. The highest BCUT2D eigenvalue weighted by molar-refractivity contribution is 7.92. The summed E-state index contributed by atoms with van der Waals surface area (Å²) < 4.78 is 71.2. The van der Waals surface area contributed by atoms with Crippen LogP contribution in [0.2, 0.25) is 10.0 Å². The first-order chi connectivity index (χ1) is 21.1. The molecule has 15 nitrogen and oxygen atoms in total. The van der Waals surface area contributed by atoms with Gasteiger partial charge >= 0.3 is 7.60 Å². The molecule has 0 aliphatic heterocycles. The first-order valence-corrected chi connectivity index (χ1v) is 17.5. The number of thiophene rings is 1. The molecule has 244 valence electrons. The van der Waals surface area contributed by atoms with E-state index in [0.717, 1.165) is 18.2 Å². The molecule has 3 rings (SSSR count). The van der Waals surface area contributed by atoms with Gasteiger partial charge in [0.25, 0.3) is 10.0 Å². The van der Waals surface area contributed by atoms with Crippen molar-refractivity contribution in [3.05, 3.63) is 45.7 Å². The van der Waals surface area contributed by atoms with Gasteiger partial charge in [-0.1, -0.05) is 23.2 Å². The van der Waals surface area contributed by atoms with Gasteiger partial charge in [-0.05, 0) is 18.2 Å². The quantitative estimate of drug-likeness (QED) is 0.0539. The van der Waals surface area contributed by atoms with E-state index >= 15 is 0 Å². The molecule has 0 amide bonds. The summed E-state index contributed by atoms with van der Waals surface area (Å²) in [6.45, 7) is 0.704. The number of halogens is 3. The highest BCUT2D eigenvalue weighted by atomic mass is 35.5. The minimum atomic E-state index is -4.67. The van der Waals surface area contributed by atoms with Gasteiger partial charge in [0, 0.05) is 37.4 Å². The zero-order valence-electron chi connectivity index (χ0n) is 23.2. The molecule has 0 radical (unpaired) electrons. The van der Waals surface area contributed by atoms with E-state index < -0.39 is 29.7 Å². The van der Waals surface area contributed by atoms with E-state index in [2.05, 4.69) is 9.98 Å². The van der Waals surface area contributed by atoms with Crippen molar-refractivity contribution < 1.29 is 36.3 Å². The maximum atomic E-state index is 13.9. The van der Waals surface area contributed by atoms with Crippen molar-refractivity contribution in [2.45, 2.75) is 17.1 Å². The second-order valence-corrected chi connectivity index (χ2v) is 14.5. The van der Waals surface area contributed by atoms with Crippen molar-refractivity contribution in [1.29, 1.82) is 5.26 Å². The molecule has 1 atom stereocenters. The molecule has 0 saturated heterocycles. The van der Waals surface area contributed by atoms with Crippen LogP contribution in [0.5, 0.6) is 17.2 Å². The fourth-order valence-corrected chi connectivity index (χ4v) is 8.14. The minimum Gasteiger partial charge on any atom is -0.488 e. The summed E-state index contributed by atoms with van der Waals surface area (Å²) in [7, 11) is -9.10. The Labute approximate surface area is 271 Å². The fourth-order valence-electron chi connectivity index (χ4n) is 3.48. The Morgan fingerprint density at radius 2 is 1.62 bits per heavy atom. The molecule has 2 aromatic carbocycles. The molecule has 0 bridgehead atoms. The van der Waals surface area contributed by atoms with E-state index in [-0.39, 0.29) is 85.4 Å². The predicted octanol–water partition coefficient (Wildman–Crippen LogP) is 2.80. The topological polar surface area (TPSA) is 264 Å². The standard InChI is InChI=1S/C24H28Cl2FN8O7PS2/c25-18-15-10-17(45(38,39)35-12-43(36,37)42-14-4-3-13(11-28)16(27)9-14)44-22(15)19(26)21(41-8-2-6-34-24(31)32)20(18)40-7-1-5-33-23(29)30/h3-4,9-10,35H,1-2,5-8,12H2,(H,36,37)(H4,29,30,33)(H4,31,32,34). The molecular weight excluding hydrogens is 697 g/mol. The van der Waals surface area contributed by atoms with Crippen molar-refractivity contribution in [3.63, 3.8) is 0 Å². The third-order valence-electron chi connectivity index (χ3n) is 5.46. The van der Waals surface area contributed by atoms with E-state index in [1.807, 2.05) is 4.72 Å². The molecule has 0 saturated carbocycles. The van der Waals surface area contributed by atoms with Gasteiger partial charge in [-0.15, -0.1) is 11.3 Å². The lowest BCUT2D eigenvalue weighted by Gasteiger charge is -2.16. The van der Waals surface area contributed by atoms with E-state index in [0.29, 0.717) is 24.2 Å². The number of rotatable bonds is 16. The van der Waals surface area contributed by atoms with E-state index in [1.165, 1.54) is 6.07 Å². The Kier molecular flexibility index (Phi) is 12.5. The lowest BCUT2D eigenvalue weighted by molar-refractivity contribution is 0.266. The lowest BCUT2D eigenvalue weighted by Crippen LogP contribution is -2.25. The molecule has 0 spiro atoms. The maximum Gasteiger partial charge on any atom is 0.391 e. The number of sulfonamides is 1. The number of hydrogen-bond acceptors (Lipinski definition) is 10. The Morgan fingerprint density at radius 1 is 1.04 bits per heavy atom. The number of guanidine groups is 2. The Balaban J connectivity index is 1.87. The third kappa shape index (κ3) is 9.96. The molecular formula is C24H28Cl2FN8O7PS2. The first-order valence-electron chi connectivity index (χ1n) is 12.7. The molecule has 0 aliphatic rings. The smallest absolute Gasteiger partial charge is 0.391 e. The fraction of sp³-hybridized carbons (Fsp3) is 0.292. The number of hydrogen-bond donors (Lipinski definition) is 6. The Bertz CT molecular complexity index is 1740. The number of ether oxygens (including phenoxy) is 2. The van der Waals surface area contributed by atoms with Crippen LogP contribution < -0.4 is 41.7 Å². The summed E-state index contributed by atoms with van der Waals surface area (Å²) in [5, 5.41) is 9.02. The molecule has 45 heavy (non-hydrogen) atoms. The normalized spacial score (nSPS) is 12.6. The average molecular weight is 726 g/mol. The molecule has 21 heteroatoms. The monoisotopic (exact) mass is 724 g/mol. The molecule has 1 aromatic heterocycles. The van der Waals surface area contributed by atoms with Gasteiger partial charge in [0.1, 0.15) is 33.2 Å². The second-order valence-electron chi connectivity index (χ2n) is 8.90. The van der Waals surface area contributed by atoms with Crippen molar-refractivity contribution in [2.75, 3.05) is 32.6 Å². The zero-order valence-corrected chi connectivity index (χ0v) is 27.2. The van der Waals surface area contributed by atoms with Gasteiger partial charge in [-0.3, -0.25) is 9.98 Å². The number of nitrogens with one attached hydrogen (secondary N) is 1. The number of aliphatic imine (C=N–C) groups is 2. The Morgan fingerprint density at radius 3 is 2.16 bits per heavy atom. The largest absolute Gasteiger partial charge is 0.488 e. The van der Waals surface area contributed by atoms with Gasteiger partial charge in [0.15, 0.2) is 23.4 Å². The Hall–Kier alpha value is -3.56. The number of nitrogens with zero attached hydrogens (tertiary/aromatic N) is 3. The van der Waals surface area contributed by atoms with Crippen LogP contribution in [0.15, 0.2) is 38.5 Å². The molecule has 10 N–H and O–H groups in total. The molecule has 0 aliphatic carbocycles. The van der Waals surface area contributed by atoms with Crippen LogP contribution in [0.1, 0.15) is 18.4 Å². The highest BCUT2D eigenvalue weighted by Crippen LogP contribution is 2.51. The van der Waals surface area contributed by atoms with Crippen LogP contribution in [0.4, 0.5) is 4.39 Å². The SMILES string of the molecule is N#Cc1ccc(OP(=O)(O)CNS(=O)(=O)c2cc3c(Cl)c(OCCCN=C(N)N)c(OCCCN=C(N)N)c(Cl)c3s2)cc1F. The maximum absolute atomic E-state index is 13.9. The minimum absolute atomic E-state index is 0.000851. The van der Waals surface area contributed by atoms with Crippen LogP contribution in [-0.2, 0) is 14.6 Å². The predicted molar refractivity (Wildman–Crippen MR) is 170 cm³/mol. The van der Waals surface area contributed by atoms with E-state index in [1.54, 1.807) is 6.07 Å². The summed E-state index contributed by atoms with van der Waals surface area (Å²) in [6, 6.07) is 5.68. The molecule has 3 aromatic rings. The third-order valence-corrected chi connectivity index (χ3v) is 10.6. The van der Waals surface area contributed by atoms with Crippen molar-refractivity contribution >= 4 is 74.2 Å². The first kappa shape index (κ1) is 35.9. The summed E-state index contributed by atoms with van der Waals surface area (Å²) >= 11 is 14.0. The van der Waals surface area contributed by atoms with Crippen LogP contribution in [-0.4, -0.2) is 57.8 Å². The number of fused-ring (bicyclic) bond motifs is 1. The highest BCUT2D eigenvalue weighted by Gasteiger charge is 2.29. The van der Waals surface area contributed by atoms with Crippen LogP contribution in [0, 0.1) is 17.1 Å². The number of nitriles is 1. The van der Waals surface area contributed by atoms with Crippen molar-refractivity contribution in [3.8, 4) is 23.3 Å². The zero-order chi connectivity index (χ0) is 33.4. The van der Waals surface area contributed by atoms with Gasteiger partial charge in [-0.2, -0.15) is 9.98 Å². The van der Waals surface area contributed by atoms with Gasteiger partial charge in [-0.25, -0.2) is 17.4 Å². The summed E-state index contributed by atoms with van der Waals surface area (Å²) in [5.74, 6) is -1.45. The van der Waals surface area contributed by atoms with Crippen molar-refractivity contribution in [2.24, 2.45) is 32.9 Å². The molecule has 1 heterocycles. The summed E-state index contributed by atoms with van der Waals surface area (Å²) in [6.07, 6.45) is -0.291.